The van der Waals surface area contributed by atoms with Gasteiger partial charge in [0.15, 0.2) is 0 Å². The first-order valence-electron chi connectivity index (χ1n) is 8.61. The van der Waals surface area contributed by atoms with Crippen LogP contribution in [0.15, 0.2) is 48.7 Å². The maximum absolute atomic E-state index is 13.2. The molecule has 0 aliphatic carbocycles. The number of pyridine rings is 1. The standard InChI is InChI=1S/C20H25N3O2/c1-14-13-25-19(16-8-6-5-7-9-16)15(2)23(14)20(24)18-12-17(22(3)4)10-11-21-18/h5-12,14-15,19H,13H2,1-4H3/t14-,15-,19+/m1/s1. The van der Waals surface area contributed by atoms with Crippen molar-refractivity contribution >= 4 is 11.6 Å². The van der Waals surface area contributed by atoms with Gasteiger partial charge in [-0.25, -0.2) is 0 Å². The second kappa shape index (κ2) is 7.23. The Morgan fingerprint density at radius 3 is 2.60 bits per heavy atom. The summed E-state index contributed by atoms with van der Waals surface area (Å²) >= 11 is 0. The summed E-state index contributed by atoms with van der Waals surface area (Å²) in [6.07, 6.45) is 1.56. The zero-order chi connectivity index (χ0) is 18.0. The molecule has 132 valence electrons. The highest BCUT2D eigenvalue weighted by Crippen LogP contribution is 2.31. The quantitative estimate of drug-likeness (QED) is 0.862. The van der Waals surface area contributed by atoms with Crippen LogP contribution >= 0.6 is 0 Å². The van der Waals surface area contributed by atoms with Gasteiger partial charge in [-0.15, -0.1) is 0 Å². The molecule has 0 bridgehead atoms. The lowest BCUT2D eigenvalue weighted by Gasteiger charge is -2.43. The van der Waals surface area contributed by atoms with E-state index >= 15 is 0 Å². The molecule has 3 atom stereocenters. The molecule has 1 aliphatic heterocycles. The van der Waals surface area contributed by atoms with Crippen molar-refractivity contribution in [3.63, 3.8) is 0 Å². The third kappa shape index (κ3) is 3.51. The number of rotatable bonds is 3. The third-order valence-corrected chi connectivity index (χ3v) is 4.71. The maximum atomic E-state index is 13.2. The van der Waals surface area contributed by atoms with Gasteiger partial charge in [0.1, 0.15) is 11.8 Å². The molecule has 2 aromatic rings. The highest BCUT2D eigenvalue weighted by Gasteiger charge is 2.37. The lowest BCUT2D eigenvalue weighted by molar-refractivity contribution is -0.0807. The van der Waals surface area contributed by atoms with E-state index in [9.17, 15) is 4.79 Å². The number of anilines is 1. The fourth-order valence-electron chi connectivity index (χ4n) is 3.36. The van der Waals surface area contributed by atoms with Crippen molar-refractivity contribution in [2.24, 2.45) is 0 Å². The van der Waals surface area contributed by atoms with Gasteiger partial charge in [0.25, 0.3) is 5.91 Å². The molecule has 5 heteroatoms. The third-order valence-electron chi connectivity index (χ3n) is 4.71. The Balaban J connectivity index is 1.88. The number of morpholine rings is 1. The zero-order valence-corrected chi connectivity index (χ0v) is 15.2. The highest BCUT2D eigenvalue weighted by molar-refractivity contribution is 5.93. The van der Waals surface area contributed by atoms with Crippen LogP contribution in [0.1, 0.15) is 36.0 Å². The van der Waals surface area contributed by atoms with Gasteiger partial charge in [-0.05, 0) is 31.5 Å². The molecule has 3 rings (SSSR count). The predicted octanol–water partition coefficient (Wildman–Crippen LogP) is 3.14. The number of carbonyl (C=O) groups excluding carboxylic acids is 1. The molecule has 0 radical (unpaired) electrons. The van der Waals surface area contributed by atoms with Crippen molar-refractivity contribution in [2.45, 2.75) is 32.0 Å². The molecule has 1 saturated heterocycles. The summed E-state index contributed by atoms with van der Waals surface area (Å²) < 4.78 is 6.04. The van der Waals surface area contributed by atoms with E-state index in [1.807, 2.05) is 80.2 Å². The molecule has 2 heterocycles. The molecular formula is C20H25N3O2. The molecule has 1 fully saturated rings. The molecule has 25 heavy (non-hydrogen) atoms. The SMILES string of the molecule is C[C@@H]1CO[C@H](c2ccccc2)[C@@H](C)N1C(=O)c1cc(N(C)C)ccn1. The minimum atomic E-state index is -0.126. The van der Waals surface area contributed by atoms with Crippen LogP contribution in [0.5, 0.6) is 0 Å². The van der Waals surface area contributed by atoms with Crippen LogP contribution in [-0.2, 0) is 4.74 Å². The summed E-state index contributed by atoms with van der Waals surface area (Å²) in [5.74, 6) is -0.0482. The van der Waals surface area contributed by atoms with Crippen molar-refractivity contribution in [2.75, 3.05) is 25.6 Å². The number of aromatic nitrogens is 1. The van der Waals surface area contributed by atoms with Gasteiger partial charge in [0.2, 0.25) is 0 Å². The minimum Gasteiger partial charge on any atom is -0.378 e. The van der Waals surface area contributed by atoms with Gasteiger partial charge in [0.05, 0.1) is 18.7 Å². The first-order chi connectivity index (χ1) is 12.0. The van der Waals surface area contributed by atoms with E-state index in [4.69, 9.17) is 4.74 Å². The summed E-state index contributed by atoms with van der Waals surface area (Å²) in [5, 5.41) is 0. The molecule has 0 unspecified atom stereocenters. The number of hydrogen-bond acceptors (Lipinski definition) is 4. The topological polar surface area (TPSA) is 45.7 Å². The molecule has 5 nitrogen and oxygen atoms in total. The fourth-order valence-corrected chi connectivity index (χ4v) is 3.36. The zero-order valence-electron chi connectivity index (χ0n) is 15.2. The van der Waals surface area contributed by atoms with Crippen molar-refractivity contribution < 1.29 is 9.53 Å². The summed E-state index contributed by atoms with van der Waals surface area (Å²) in [7, 11) is 3.91. The molecular weight excluding hydrogens is 314 g/mol. The van der Waals surface area contributed by atoms with Crippen LogP contribution in [0.2, 0.25) is 0 Å². The fraction of sp³-hybridized carbons (Fsp3) is 0.400. The molecule has 0 spiro atoms. The normalized spacial score (nSPS) is 23.4. The monoisotopic (exact) mass is 339 g/mol. The summed E-state index contributed by atoms with van der Waals surface area (Å²) in [4.78, 5) is 21.3. The van der Waals surface area contributed by atoms with Crippen LogP contribution < -0.4 is 4.90 Å². The van der Waals surface area contributed by atoms with Crippen LogP contribution in [0.25, 0.3) is 0 Å². The average molecular weight is 339 g/mol. The van der Waals surface area contributed by atoms with E-state index in [0.29, 0.717) is 12.3 Å². The molecule has 1 aromatic heterocycles. The van der Waals surface area contributed by atoms with Crippen molar-refractivity contribution in [3.8, 4) is 0 Å². The van der Waals surface area contributed by atoms with E-state index in [1.165, 1.54) is 0 Å². The Morgan fingerprint density at radius 1 is 1.20 bits per heavy atom. The Morgan fingerprint density at radius 2 is 1.92 bits per heavy atom. The highest BCUT2D eigenvalue weighted by atomic mass is 16.5. The van der Waals surface area contributed by atoms with E-state index < -0.39 is 0 Å². The minimum absolute atomic E-state index is 0.00674. The number of ether oxygens (including phenoxy) is 1. The van der Waals surface area contributed by atoms with Crippen LogP contribution in [0.3, 0.4) is 0 Å². The van der Waals surface area contributed by atoms with E-state index in [1.54, 1.807) is 6.20 Å². The average Bonchev–Trinajstić information content (AvgIpc) is 2.62. The predicted molar refractivity (Wildman–Crippen MR) is 98.8 cm³/mol. The van der Waals surface area contributed by atoms with Gasteiger partial charge in [-0.1, -0.05) is 30.3 Å². The molecule has 1 aromatic carbocycles. The number of benzene rings is 1. The van der Waals surface area contributed by atoms with Crippen LogP contribution in [0.4, 0.5) is 5.69 Å². The lowest BCUT2D eigenvalue weighted by atomic mass is 9.98. The number of hydrogen-bond donors (Lipinski definition) is 0. The second-order valence-electron chi connectivity index (χ2n) is 6.76. The first-order valence-corrected chi connectivity index (χ1v) is 8.61. The smallest absolute Gasteiger partial charge is 0.273 e. The number of nitrogens with zero attached hydrogens (tertiary/aromatic N) is 3. The van der Waals surface area contributed by atoms with Crippen LogP contribution in [-0.4, -0.2) is 48.6 Å². The Hall–Kier alpha value is -2.40. The van der Waals surface area contributed by atoms with E-state index in [2.05, 4.69) is 4.98 Å². The van der Waals surface area contributed by atoms with E-state index in [0.717, 1.165) is 11.3 Å². The van der Waals surface area contributed by atoms with Gasteiger partial charge in [-0.3, -0.25) is 9.78 Å². The van der Waals surface area contributed by atoms with Crippen molar-refractivity contribution in [3.05, 3.63) is 59.9 Å². The van der Waals surface area contributed by atoms with Gasteiger partial charge >= 0.3 is 0 Å². The van der Waals surface area contributed by atoms with Gasteiger partial charge in [-0.2, -0.15) is 0 Å². The Labute approximate surface area is 149 Å². The molecule has 1 aliphatic rings. The Kier molecular flexibility index (Phi) is 5.04. The maximum Gasteiger partial charge on any atom is 0.273 e. The molecule has 1 amide bonds. The summed E-state index contributed by atoms with van der Waals surface area (Å²) in [5.41, 5.74) is 2.53. The van der Waals surface area contributed by atoms with Crippen molar-refractivity contribution in [1.82, 2.24) is 9.88 Å². The summed E-state index contributed by atoms with van der Waals surface area (Å²) in [6.45, 7) is 4.58. The van der Waals surface area contributed by atoms with Gasteiger partial charge < -0.3 is 14.5 Å². The Bertz CT molecular complexity index is 733. The molecule has 0 N–H and O–H groups in total. The number of carbonyl (C=O) groups is 1. The largest absolute Gasteiger partial charge is 0.378 e. The summed E-state index contributed by atoms with van der Waals surface area (Å²) in [6, 6.07) is 13.8. The van der Waals surface area contributed by atoms with Crippen LogP contribution in [0, 0.1) is 0 Å². The second-order valence-corrected chi connectivity index (χ2v) is 6.76. The van der Waals surface area contributed by atoms with Gasteiger partial charge in [0, 0.05) is 26.0 Å². The van der Waals surface area contributed by atoms with E-state index in [-0.39, 0.29) is 24.1 Å². The molecule has 0 saturated carbocycles. The van der Waals surface area contributed by atoms with Crippen molar-refractivity contribution in [1.29, 1.82) is 0 Å². The first kappa shape index (κ1) is 17.4. The number of amides is 1. The lowest BCUT2D eigenvalue weighted by Crippen LogP contribution is -2.53.